The van der Waals surface area contributed by atoms with Crippen LogP contribution in [0.5, 0.6) is 5.75 Å². The van der Waals surface area contributed by atoms with Gasteiger partial charge in [-0.1, -0.05) is 18.2 Å². The number of phenols is 1. The van der Waals surface area contributed by atoms with Crippen LogP contribution in [0.25, 0.3) is 6.08 Å². The van der Waals surface area contributed by atoms with Gasteiger partial charge in [0.05, 0.1) is 0 Å². The van der Waals surface area contributed by atoms with E-state index in [0.717, 1.165) is 0 Å². The Morgan fingerprint density at radius 1 is 1.26 bits per heavy atom. The molecule has 1 atom stereocenters. The van der Waals surface area contributed by atoms with Gasteiger partial charge < -0.3 is 5.11 Å². The molecular weight excluding hydrogens is 250 g/mol. The summed E-state index contributed by atoms with van der Waals surface area (Å²) < 4.78 is 0. The molecule has 1 unspecified atom stereocenters. The normalized spacial score (nSPS) is 19.4. The SMILES string of the molecule is O=C(/C=C/c1ccc(O)cc1)C1CC(=O)N(O)C1=O. The average molecular weight is 261 g/mol. The minimum atomic E-state index is -1.15. The molecule has 1 fully saturated rings. The number of allylic oxidation sites excluding steroid dienone is 1. The van der Waals surface area contributed by atoms with Crippen LogP contribution in [-0.4, -0.2) is 33.0 Å². The number of hydroxylamine groups is 2. The Kier molecular flexibility index (Phi) is 3.43. The van der Waals surface area contributed by atoms with Gasteiger partial charge >= 0.3 is 0 Å². The van der Waals surface area contributed by atoms with E-state index in [9.17, 15) is 14.4 Å². The highest BCUT2D eigenvalue weighted by atomic mass is 16.5. The lowest BCUT2D eigenvalue weighted by Crippen LogP contribution is -2.28. The van der Waals surface area contributed by atoms with Crippen molar-refractivity contribution in [1.29, 1.82) is 0 Å². The molecule has 6 heteroatoms. The van der Waals surface area contributed by atoms with Crippen LogP contribution in [0.4, 0.5) is 0 Å². The second-order valence-electron chi connectivity index (χ2n) is 4.13. The first kappa shape index (κ1) is 13.0. The van der Waals surface area contributed by atoms with Gasteiger partial charge in [0.2, 0.25) is 0 Å². The van der Waals surface area contributed by atoms with Crippen molar-refractivity contribution in [2.45, 2.75) is 6.42 Å². The van der Waals surface area contributed by atoms with E-state index in [1.807, 2.05) is 0 Å². The minimum Gasteiger partial charge on any atom is -0.508 e. The lowest BCUT2D eigenvalue weighted by Gasteiger charge is -2.03. The van der Waals surface area contributed by atoms with Crippen molar-refractivity contribution >= 4 is 23.7 Å². The molecule has 2 amide bonds. The van der Waals surface area contributed by atoms with Crippen LogP contribution in [0.3, 0.4) is 0 Å². The number of phenolic OH excluding ortho intramolecular Hbond substituents is 1. The van der Waals surface area contributed by atoms with Crippen molar-refractivity contribution in [1.82, 2.24) is 5.06 Å². The van der Waals surface area contributed by atoms with Gasteiger partial charge in [0.25, 0.3) is 11.8 Å². The fourth-order valence-corrected chi connectivity index (χ4v) is 1.72. The zero-order valence-electron chi connectivity index (χ0n) is 9.81. The molecule has 1 heterocycles. The molecule has 2 rings (SSSR count). The molecule has 1 aromatic carbocycles. The topological polar surface area (TPSA) is 94.9 Å². The minimum absolute atomic E-state index is 0.0169. The molecule has 1 saturated heterocycles. The predicted molar refractivity (Wildman–Crippen MR) is 63.9 cm³/mol. The summed E-state index contributed by atoms with van der Waals surface area (Å²) in [4.78, 5) is 34.2. The highest BCUT2D eigenvalue weighted by Gasteiger charge is 2.41. The monoisotopic (exact) mass is 261 g/mol. The predicted octanol–water partition coefficient (Wildman–Crippen LogP) is 0.739. The van der Waals surface area contributed by atoms with Crippen molar-refractivity contribution in [3.63, 3.8) is 0 Å². The quantitative estimate of drug-likeness (QED) is 0.362. The van der Waals surface area contributed by atoms with E-state index in [-0.39, 0.29) is 17.2 Å². The van der Waals surface area contributed by atoms with E-state index in [2.05, 4.69) is 0 Å². The van der Waals surface area contributed by atoms with Crippen molar-refractivity contribution in [2.75, 3.05) is 0 Å². The Hall–Kier alpha value is -2.47. The Balaban J connectivity index is 2.07. The molecule has 1 aliphatic rings. The fourth-order valence-electron chi connectivity index (χ4n) is 1.72. The summed E-state index contributed by atoms with van der Waals surface area (Å²) >= 11 is 0. The maximum absolute atomic E-state index is 11.7. The third-order valence-corrected chi connectivity index (χ3v) is 2.80. The van der Waals surface area contributed by atoms with Gasteiger partial charge in [-0.15, -0.1) is 0 Å². The second kappa shape index (κ2) is 5.03. The second-order valence-corrected chi connectivity index (χ2v) is 4.13. The van der Waals surface area contributed by atoms with Crippen molar-refractivity contribution in [2.24, 2.45) is 5.92 Å². The number of imide groups is 1. The Labute approximate surface area is 108 Å². The summed E-state index contributed by atoms with van der Waals surface area (Å²) in [5, 5.41) is 18.1. The smallest absolute Gasteiger partial charge is 0.264 e. The van der Waals surface area contributed by atoms with Crippen molar-refractivity contribution in [3.8, 4) is 5.75 Å². The molecule has 0 aromatic heterocycles. The molecule has 1 aromatic rings. The largest absolute Gasteiger partial charge is 0.508 e. The van der Waals surface area contributed by atoms with E-state index in [0.29, 0.717) is 5.56 Å². The lowest BCUT2D eigenvalue weighted by atomic mass is 10.0. The molecule has 0 bridgehead atoms. The Morgan fingerprint density at radius 2 is 1.89 bits per heavy atom. The summed E-state index contributed by atoms with van der Waals surface area (Å²) in [6, 6.07) is 6.12. The van der Waals surface area contributed by atoms with Crippen LogP contribution in [-0.2, 0) is 14.4 Å². The number of aromatic hydroxyl groups is 1. The van der Waals surface area contributed by atoms with Crippen LogP contribution in [0, 0.1) is 5.92 Å². The van der Waals surface area contributed by atoms with Crippen molar-refractivity contribution in [3.05, 3.63) is 35.9 Å². The summed E-state index contributed by atoms with van der Waals surface area (Å²) in [6.45, 7) is 0. The van der Waals surface area contributed by atoms with Gasteiger partial charge in [-0.25, -0.2) is 0 Å². The summed E-state index contributed by atoms with van der Waals surface area (Å²) in [5.74, 6) is -3.25. The molecule has 19 heavy (non-hydrogen) atoms. The number of ketones is 1. The first-order chi connectivity index (χ1) is 8.99. The lowest BCUT2D eigenvalue weighted by molar-refractivity contribution is -0.172. The molecule has 0 radical (unpaired) electrons. The van der Waals surface area contributed by atoms with Gasteiger partial charge in [-0.05, 0) is 23.8 Å². The molecular formula is C13H11NO5. The van der Waals surface area contributed by atoms with Gasteiger partial charge in [-0.3, -0.25) is 19.6 Å². The molecule has 98 valence electrons. The van der Waals surface area contributed by atoms with E-state index in [1.165, 1.54) is 24.3 Å². The number of carbonyl (C=O) groups excluding carboxylic acids is 3. The third kappa shape index (κ3) is 2.69. The summed E-state index contributed by atoms with van der Waals surface area (Å²) in [7, 11) is 0. The van der Waals surface area contributed by atoms with Crippen LogP contribution >= 0.6 is 0 Å². The standard InChI is InChI=1S/C13H11NO5/c15-9-4-1-8(2-5-9)3-6-11(16)10-7-12(17)14(19)13(10)18/h1-6,10,15,19H,7H2/b6-3+. The number of rotatable bonds is 3. The van der Waals surface area contributed by atoms with Crippen LogP contribution in [0.2, 0.25) is 0 Å². The van der Waals surface area contributed by atoms with Gasteiger partial charge in [0.1, 0.15) is 11.7 Å². The average Bonchev–Trinajstić information content (AvgIpc) is 2.65. The van der Waals surface area contributed by atoms with E-state index >= 15 is 0 Å². The fraction of sp³-hybridized carbons (Fsp3) is 0.154. The zero-order chi connectivity index (χ0) is 14.0. The number of nitrogens with zero attached hydrogens (tertiary/aromatic N) is 1. The number of benzene rings is 1. The summed E-state index contributed by atoms with van der Waals surface area (Å²) in [5.41, 5.74) is 0.670. The molecule has 6 nitrogen and oxygen atoms in total. The highest BCUT2D eigenvalue weighted by Crippen LogP contribution is 2.19. The Morgan fingerprint density at radius 3 is 2.42 bits per heavy atom. The summed E-state index contributed by atoms with van der Waals surface area (Å²) in [6.07, 6.45) is 2.34. The molecule has 0 aliphatic carbocycles. The number of hydrogen-bond acceptors (Lipinski definition) is 5. The zero-order valence-corrected chi connectivity index (χ0v) is 9.81. The van der Waals surface area contributed by atoms with Gasteiger partial charge in [0.15, 0.2) is 5.78 Å². The molecule has 2 N–H and O–H groups in total. The van der Waals surface area contributed by atoms with Crippen LogP contribution in [0.1, 0.15) is 12.0 Å². The number of hydrogen-bond donors (Lipinski definition) is 2. The molecule has 1 aliphatic heterocycles. The first-order valence-electron chi connectivity index (χ1n) is 5.55. The van der Waals surface area contributed by atoms with Crippen LogP contribution < -0.4 is 0 Å². The molecule has 0 spiro atoms. The number of carbonyl (C=O) groups is 3. The van der Waals surface area contributed by atoms with Gasteiger partial charge in [0, 0.05) is 6.42 Å². The maximum Gasteiger partial charge on any atom is 0.264 e. The number of amides is 2. The first-order valence-corrected chi connectivity index (χ1v) is 5.55. The maximum atomic E-state index is 11.7. The van der Waals surface area contributed by atoms with E-state index in [4.69, 9.17) is 10.3 Å². The van der Waals surface area contributed by atoms with Gasteiger partial charge in [-0.2, -0.15) is 5.06 Å². The van der Waals surface area contributed by atoms with Crippen molar-refractivity contribution < 1.29 is 24.7 Å². The Bertz CT molecular complexity index is 561. The van der Waals surface area contributed by atoms with E-state index < -0.39 is 23.5 Å². The van der Waals surface area contributed by atoms with Crippen LogP contribution in [0.15, 0.2) is 30.3 Å². The highest BCUT2D eigenvalue weighted by molar-refractivity contribution is 6.16. The molecule has 0 saturated carbocycles. The third-order valence-electron chi connectivity index (χ3n) is 2.80. The van der Waals surface area contributed by atoms with E-state index in [1.54, 1.807) is 12.1 Å².